The number of hydrogen-bond donors (Lipinski definition) is 0. The SMILES string of the molecule is Cc1ccccc1[N+](=O)[O-].c1cc2ccc1CO2. The molecule has 2 heterocycles. The van der Waals surface area contributed by atoms with E-state index in [9.17, 15) is 10.1 Å². The van der Waals surface area contributed by atoms with E-state index in [2.05, 4.69) is 12.1 Å². The molecule has 4 heteroatoms. The van der Waals surface area contributed by atoms with Gasteiger partial charge < -0.3 is 4.74 Å². The van der Waals surface area contributed by atoms with Crippen LogP contribution < -0.4 is 4.74 Å². The van der Waals surface area contributed by atoms with Gasteiger partial charge in [0.2, 0.25) is 0 Å². The number of ether oxygens (including phenoxy) is 1. The quantitative estimate of drug-likeness (QED) is 0.569. The second-order valence-corrected chi connectivity index (χ2v) is 3.98. The van der Waals surface area contributed by atoms with Gasteiger partial charge in [0, 0.05) is 11.6 Å². The van der Waals surface area contributed by atoms with Crippen molar-refractivity contribution in [2.75, 3.05) is 0 Å². The highest BCUT2D eigenvalue weighted by molar-refractivity contribution is 5.38. The maximum Gasteiger partial charge on any atom is 0.272 e. The Bertz CT molecular complexity index is 526. The monoisotopic (exact) mass is 243 g/mol. The van der Waals surface area contributed by atoms with Crippen LogP contribution in [0.5, 0.6) is 5.75 Å². The van der Waals surface area contributed by atoms with Crippen molar-refractivity contribution in [2.24, 2.45) is 0 Å². The number of fused-ring (bicyclic) bond motifs is 3. The molecular weight excluding hydrogens is 230 g/mol. The van der Waals surface area contributed by atoms with E-state index in [-0.39, 0.29) is 10.6 Å². The maximum absolute atomic E-state index is 10.2. The van der Waals surface area contributed by atoms with Crippen LogP contribution in [0.4, 0.5) is 5.69 Å². The fourth-order valence-corrected chi connectivity index (χ4v) is 1.62. The van der Waals surface area contributed by atoms with E-state index in [1.165, 1.54) is 11.6 Å². The fourth-order valence-electron chi connectivity index (χ4n) is 1.62. The number of hydrogen-bond acceptors (Lipinski definition) is 3. The summed E-state index contributed by atoms with van der Waals surface area (Å²) in [6.45, 7) is 2.49. The number of benzene rings is 2. The Morgan fingerprint density at radius 1 is 1.11 bits per heavy atom. The first kappa shape index (κ1) is 12.1. The molecule has 0 N–H and O–H groups in total. The van der Waals surface area contributed by atoms with Crippen molar-refractivity contribution in [3.63, 3.8) is 0 Å². The minimum absolute atomic E-state index is 0.183. The highest BCUT2D eigenvalue weighted by atomic mass is 16.6. The smallest absolute Gasteiger partial charge is 0.272 e. The molecule has 0 radical (unpaired) electrons. The molecule has 0 aromatic heterocycles. The first-order chi connectivity index (χ1) is 8.66. The summed E-state index contributed by atoms with van der Waals surface area (Å²) in [7, 11) is 0. The van der Waals surface area contributed by atoms with E-state index >= 15 is 0 Å². The predicted octanol–water partition coefficient (Wildman–Crippen LogP) is 3.48. The zero-order chi connectivity index (χ0) is 13.0. The van der Waals surface area contributed by atoms with E-state index < -0.39 is 0 Å². The van der Waals surface area contributed by atoms with Gasteiger partial charge in [-0.05, 0) is 24.6 Å². The number of rotatable bonds is 1. The maximum atomic E-state index is 10.2. The van der Waals surface area contributed by atoms with Gasteiger partial charge in [-0.15, -0.1) is 0 Å². The standard InChI is InChI=1S/C7H7NO2.C7H6O/c1-6-4-2-3-5-7(6)8(9)10;1-3-7-4-2-6(1)5-8-7/h2-5H,1H3;1-4H,5H2. The lowest BCUT2D eigenvalue weighted by molar-refractivity contribution is -0.385. The molecule has 2 aromatic rings. The number of nitro groups is 1. The molecule has 2 aromatic carbocycles. The summed E-state index contributed by atoms with van der Waals surface area (Å²) in [5, 5.41) is 10.2. The van der Waals surface area contributed by atoms with Crippen LogP contribution in [0.2, 0.25) is 0 Å². The van der Waals surface area contributed by atoms with Crippen LogP contribution in [0.15, 0.2) is 48.5 Å². The van der Waals surface area contributed by atoms with E-state index in [0.717, 1.165) is 12.4 Å². The topological polar surface area (TPSA) is 52.4 Å². The third kappa shape index (κ3) is 2.85. The largest absolute Gasteiger partial charge is 0.489 e. The Balaban J connectivity index is 0.000000136. The third-order valence-corrected chi connectivity index (χ3v) is 2.64. The molecule has 2 bridgehead atoms. The zero-order valence-electron chi connectivity index (χ0n) is 10.00. The number of para-hydroxylation sites is 1. The molecule has 0 unspecified atom stereocenters. The molecule has 0 spiro atoms. The fraction of sp³-hybridized carbons (Fsp3) is 0.143. The van der Waals surface area contributed by atoms with Gasteiger partial charge in [0.25, 0.3) is 5.69 Å². The van der Waals surface area contributed by atoms with Crippen LogP contribution in [-0.4, -0.2) is 4.92 Å². The van der Waals surface area contributed by atoms with Crippen molar-refractivity contribution in [3.8, 4) is 5.75 Å². The summed E-state index contributed by atoms with van der Waals surface area (Å²) in [6.07, 6.45) is 0. The summed E-state index contributed by atoms with van der Waals surface area (Å²) < 4.78 is 5.18. The Kier molecular flexibility index (Phi) is 3.57. The van der Waals surface area contributed by atoms with E-state index in [1.54, 1.807) is 25.1 Å². The van der Waals surface area contributed by atoms with Gasteiger partial charge in [0.1, 0.15) is 12.4 Å². The third-order valence-electron chi connectivity index (χ3n) is 2.64. The van der Waals surface area contributed by atoms with Gasteiger partial charge in [0.15, 0.2) is 0 Å². The normalized spacial score (nSPS) is 11.2. The molecule has 0 fully saturated rings. The molecular formula is C14H13NO3. The lowest BCUT2D eigenvalue weighted by Gasteiger charge is -2.11. The highest BCUT2D eigenvalue weighted by Gasteiger charge is 2.06. The Morgan fingerprint density at radius 2 is 1.78 bits per heavy atom. The Labute approximate surface area is 105 Å². The van der Waals surface area contributed by atoms with Gasteiger partial charge in [-0.3, -0.25) is 10.1 Å². The molecule has 0 amide bonds. The Hall–Kier alpha value is -2.36. The molecule has 4 rings (SSSR count). The molecule has 0 aliphatic carbocycles. The van der Waals surface area contributed by atoms with E-state index in [1.807, 2.05) is 12.1 Å². The molecule has 2 aliphatic rings. The highest BCUT2D eigenvalue weighted by Crippen LogP contribution is 2.19. The summed E-state index contributed by atoms with van der Waals surface area (Å²) in [6, 6.07) is 14.8. The Morgan fingerprint density at radius 3 is 2.06 bits per heavy atom. The summed E-state index contributed by atoms with van der Waals surface area (Å²) >= 11 is 0. The zero-order valence-corrected chi connectivity index (χ0v) is 10.00. The van der Waals surface area contributed by atoms with Crippen molar-refractivity contribution >= 4 is 5.69 Å². The number of aryl methyl sites for hydroxylation is 1. The van der Waals surface area contributed by atoms with Crippen molar-refractivity contribution in [1.82, 2.24) is 0 Å². The molecule has 0 atom stereocenters. The van der Waals surface area contributed by atoms with Crippen LogP contribution in [-0.2, 0) is 6.61 Å². The molecule has 18 heavy (non-hydrogen) atoms. The minimum Gasteiger partial charge on any atom is -0.489 e. The number of nitrogens with zero attached hydrogens (tertiary/aromatic N) is 1. The molecule has 0 saturated heterocycles. The molecule has 4 nitrogen and oxygen atoms in total. The average Bonchev–Trinajstić information content (AvgIpc) is 2.42. The van der Waals surface area contributed by atoms with Gasteiger partial charge in [-0.1, -0.05) is 30.3 Å². The molecule has 92 valence electrons. The summed E-state index contributed by atoms with van der Waals surface area (Å²) in [4.78, 5) is 9.85. The van der Waals surface area contributed by atoms with Crippen molar-refractivity contribution in [1.29, 1.82) is 0 Å². The van der Waals surface area contributed by atoms with Crippen LogP contribution in [0.3, 0.4) is 0 Å². The second kappa shape index (κ2) is 5.31. The molecule has 0 saturated carbocycles. The average molecular weight is 243 g/mol. The van der Waals surface area contributed by atoms with Gasteiger partial charge in [0.05, 0.1) is 4.92 Å². The van der Waals surface area contributed by atoms with Gasteiger partial charge >= 0.3 is 0 Å². The van der Waals surface area contributed by atoms with Gasteiger partial charge in [-0.25, -0.2) is 0 Å². The van der Waals surface area contributed by atoms with Crippen molar-refractivity contribution in [3.05, 3.63) is 69.8 Å². The van der Waals surface area contributed by atoms with Crippen LogP contribution >= 0.6 is 0 Å². The van der Waals surface area contributed by atoms with Crippen molar-refractivity contribution < 1.29 is 9.66 Å². The second-order valence-electron chi connectivity index (χ2n) is 3.98. The van der Waals surface area contributed by atoms with Gasteiger partial charge in [-0.2, -0.15) is 0 Å². The van der Waals surface area contributed by atoms with E-state index in [0.29, 0.717) is 5.56 Å². The van der Waals surface area contributed by atoms with E-state index in [4.69, 9.17) is 4.74 Å². The van der Waals surface area contributed by atoms with Crippen LogP contribution in [0, 0.1) is 17.0 Å². The summed E-state index contributed by atoms with van der Waals surface area (Å²) in [5.41, 5.74) is 2.15. The summed E-state index contributed by atoms with van der Waals surface area (Å²) in [5.74, 6) is 0.986. The number of nitro benzene ring substituents is 1. The molecule has 2 aliphatic heterocycles. The first-order valence-electron chi connectivity index (χ1n) is 5.58. The lowest BCUT2D eigenvalue weighted by Crippen LogP contribution is -2.00. The first-order valence-corrected chi connectivity index (χ1v) is 5.58. The van der Waals surface area contributed by atoms with Crippen LogP contribution in [0.25, 0.3) is 0 Å². The minimum atomic E-state index is -0.380. The van der Waals surface area contributed by atoms with Crippen molar-refractivity contribution in [2.45, 2.75) is 13.5 Å². The van der Waals surface area contributed by atoms with Crippen LogP contribution in [0.1, 0.15) is 11.1 Å². The predicted molar refractivity (Wildman–Crippen MR) is 68.6 cm³/mol. The lowest BCUT2D eigenvalue weighted by atomic mass is 10.2.